The molecular formula is C22H14ClF4N3O3S. The van der Waals surface area contributed by atoms with Crippen LogP contribution in [0.2, 0.25) is 5.02 Å². The summed E-state index contributed by atoms with van der Waals surface area (Å²) in [6, 6.07) is 7.52. The average Bonchev–Trinajstić information content (AvgIpc) is 2.78. The molecule has 0 atom stereocenters. The van der Waals surface area contributed by atoms with E-state index >= 15 is 0 Å². The van der Waals surface area contributed by atoms with Crippen LogP contribution in [0.5, 0.6) is 0 Å². The molecular weight excluding hydrogens is 498 g/mol. The van der Waals surface area contributed by atoms with Gasteiger partial charge in [0.1, 0.15) is 10.7 Å². The number of halogens is 5. The molecule has 0 radical (unpaired) electrons. The summed E-state index contributed by atoms with van der Waals surface area (Å²) in [6.45, 7) is 1.36. The smallest absolute Gasteiger partial charge is 0.267 e. The summed E-state index contributed by atoms with van der Waals surface area (Å²) in [6.07, 6.45) is -2.41. The van der Waals surface area contributed by atoms with Crippen molar-refractivity contribution >= 4 is 32.2 Å². The number of fused-ring (bicyclic) bond motifs is 1. The zero-order valence-corrected chi connectivity index (χ0v) is 18.8. The second kappa shape index (κ2) is 8.48. The van der Waals surface area contributed by atoms with Crippen LogP contribution < -0.4 is 5.56 Å². The molecule has 0 aliphatic rings. The molecule has 0 aliphatic carbocycles. The van der Waals surface area contributed by atoms with Crippen molar-refractivity contribution in [1.82, 2.24) is 14.8 Å². The maximum atomic E-state index is 14.4. The lowest BCUT2D eigenvalue weighted by molar-refractivity contribution is -0.137. The fourth-order valence-electron chi connectivity index (χ4n) is 3.32. The molecule has 0 spiro atoms. The first-order valence-electron chi connectivity index (χ1n) is 9.70. The minimum atomic E-state index is -4.69. The molecule has 12 heteroatoms. The van der Waals surface area contributed by atoms with Gasteiger partial charge >= 0.3 is 6.18 Å². The Morgan fingerprint density at radius 3 is 2.44 bits per heavy atom. The molecule has 0 unspecified atom stereocenters. The summed E-state index contributed by atoms with van der Waals surface area (Å²) in [4.78, 5) is 16.7. The Balaban J connectivity index is 1.98. The predicted octanol–water partition coefficient (Wildman–Crippen LogP) is 5.05. The zero-order chi connectivity index (χ0) is 24.8. The van der Waals surface area contributed by atoms with E-state index in [1.165, 1.54) is 19.1 Å². The fraction of sp³-hybridized carbons (Fsp3) is 0.136. The number of pyridine rings is 1. The minimum absolute atomic E-state index is 0.0182. The molecule has 4 rings (SSSR count). The van der Waals surface area contributed by atoms with Crippen molar-refractivity contribution in [2.24, 2.45) is 0 Å². The lowest BCUT2D eigenvalue weighted by Gasteiger charge is -2.13. The van der Waals surface area contributed by atoms with Crippen LogP contribution in [-0.2, 0) is 16.0 Å². The highest BCUT2D eigenvalue weighted by Gasteiger charge is 2.31. The zero-order valence-electron chi connectivity index (χ0n) is 17.3. The molecule has 6 nitrogen and oxygen atoms in total. The largest absolute Gasteiger partial charge is 0.416 e. The van der Waals surface area contributed by atoms with Gasteiger partial charge in [-0.05, 0) is 36.4 Å². The Morgan fingerprint density at radius 1 is 1.06 bits per heavy atom. The van der Waals surface area contributed by atoms with Crippen molar-refractivity contribution in [3.63, 3.8) is 0 Å². The quantitative estimate of drug-likeness (QED) is 0.358. The maximum Gasteiger partial charge on any atom is 0.416 e. The molecule has 176 valence electrons. The van der Waals surface area contributed by atoms with E-state index < -0.39 is 43.7 Å². The number of alkyl halides is 3. The van der Waals surface area contributed by atoms with Crippen molar-refractivity contribution in [3.8, 4) is 16.9 Å². The van der Waals surface area contributed by atoms with Crippen molar-refractivity contribution in [2.45, 2.75) is 18.0 Å². The molecule has 2 aromatic carbocycles. The highest BCUT2D eigenvalue weighted by Crippen LogP contribution is 2.31. The van der Waals surface area contributed by atoms with Gasteiger partial charge in [0.25, 0.3) is 5.56 Å². The summed E-state index contributed by atoms with van der Waals surface area (Å²) in [5.41, 5.74) is -1.92. The van der Waals surface area contributed by atoms with E-state index in [0.29, 0.717) is 10.7 Å². The van der Waals surface area contributed by atoms with Crippen molar-refractivity contribution in [1.29, 1.82) is 0 Å². The minimum Gasteiger partial charge on any atom is -0.267 e. The van der Waals surface area contributed by atoms with Gasteiger partial charge in [-0.2, -0.15) is 23.0 Å². The van der Waals surface area contributed by atoms with Gasteiger partial charge in [-0.1, -0.05) is 24.6 Å². The van der Waals surface area contributed by atoms with E-state index in [1.807, 2.05) is 0 Å². The van der Waals surface area contributed by atoms with Crippen molar-refractivity contribution < 1.29 is 26.0 Å². The first-order valence-corrected chi connectivity index (χ1v) is 11.7. The standard InChI is InChI=1S/C22H14ClF4N3O3S/c1-2-34(32,33)19-7-13(16-6-5-15(23)9-18(16)24)10-28-20(19)30-21(31)17-8-14(22(25,26)27)4-3-12(17)11-29-30/h3-11H,2H2,1H3. The first-order chi connectivity index (χ1) is 15.9. The molecule has 4 aromatic rings. The van der Waals surface area contributed by atoms with Gasteiger partial charge in [0, 0.05) is 27.7 Å². The normalized spacial score (nSPS) is 12.3. The third-order valence-corrected chi connectivity index (χ3v) is 7.07. The highest BCUT2D eigenvalue weighted by molar-refractivity contribution is 7.91. The number of hydrogen-bond donors (Lipinski definition) is 0. The van der Waals surface area contributed by atoms with Crippen LogP contribution in [0.3, 0.4) is 0 Å². The number of rotatable bonds is 4. The van der Waals surface area contributed by atoms with E-state index in [1.54, 1.807) is 0 Å². The summed E-state index contributed by atoms with van der Waals surface area (Å²) in [7, 11) is -4.02. The van der Waals surface area contributed by atoms with Crippen LogP contribution in [0.25, 0.3) is 27.7 Å². The van der Waals surface area contributed by atoms with Crippen molar-refractivity contribution in [3.05, 3.63) is 81.6 Å². The van der Waals surface area contributed by atoms with Crippen LogP contribution in [0, 0.1) is 5.82 Å². The molecule has 0 amide bonds. The Hall–Kier alpha value is -3.31. The van der Waals surface area contributed by atoms with Crippen LogP contribution in [0.4, 0.5) is 17.6 Å². The van der Waals surface area contributed by atoms with Gasteiger partial charge in [0.05, 0.1) is 22.9 Å². The van der Waals surface area contributed by atoms with Gasteiger partial charge in [-0.3, -0.25) is 4.79 Å². The number of nitrogens with zero attached hydrogens (tertiary/aromatic N) is 3. The number of aromatic nitrogens is 3. The summed E-state index contributed by atoms with van der Waals surface area (Å²) in [5, 5.41) is 3.86. The van der Waals surface area contributed by atoms with E-state index in [-0.39, 0.29) is 32.7 Å². The molecule has 0 fully saturated rings. The number of benzene rings is 2. The molecule has 2 aromatic heterocycles. The van der Waals surface area contributed by atoms with Gasteiger partial charge in [0.2, 0.25) is 0 Å². The molecule has 0 bridgehead atoms. The third kappa shape index (κ3) is 4.28. The summed E-state index contributed by atoms with van der Waals surface area (Å²) >= 11 is 5.77. The van der Waals surface area contributed by atoms with E-state index in [0.717, 1.165) is 36.7 Å². The van der Waals surface area contributed by atoms with Gasteiger partial charge < -0.3 is 0 Å². The van der Waals surface area contributed by atoms with Crippen LogP contribution >= 0.6 is 11.6 Å². The fourth-order valence-corrected chi connectivity index (χ4v) is 4.51. The molecule has 0 saturated heterocycles. The van der Waals surface area contributed by atoms with Crippen molar-refractivity contribution in [2.75, 3.05) is 5.75 Å². The van der Waals surface area contributed by atoms with E-state index in [9.17, 15) is 30.8 Å². The Kier molecular flexibility index (Phi) is 5.94. The maximum absolute atomic E-state index is 14.4. The Bertz CT molecular complexity index is 1600. The van der Waals surface area contributed by atoms with Crippen LogP contribution in [0.15, 0.2) is 64.5 Å². The Morgan fingerprint density at radius 2 is 1.79 bits per heavy atom. The average molecular weight is 512 g/mol. The SMILES string of the molecule is CCS(=O)(=O)c1cc(-c2ccc(Cl)cc2F)cnc1-n1ncc2ccc(C(F)(F)F)cc2c1=O. The molecule has 0 N–H and O–H groups in total. The monoisotopic (exact) mass is 511 g/mol. The highest BCUT2D eigenvalue weighted by atomic mass is 35.5. The van der Waals surface area contributed by atoms with E-state index in [2.05, 4.69) is 10.1 Å². The predicted molar refractivity (Wildman–Crippen MR) is 118 cm³/mol. The third-order valence-electron chi connectivity index (χ3n) is 5.11. The van der Waals surface area contributed by atoms with Crippen LogP contribution in [0.1, 0.15) is 12.5 Å². The van der Waals surface area contributed by atoms with Gasteiger partial charge in [-0.25, -0.2) is 17.8 Å². The first kappa shape index (κ1) is 23.8. The number of hydrogen-bond acceptors (Lipinski definition) is 5. The topological polar surface area (TPSA) is 81.9 Å². The van der Waals surface area contributed by atoms with Crippen LogP contribution in [-0.4, -0.2) is 28.9 Å². The van der Waals surface area contributed by atoms with Gasteiger partial charge in [-0.15, -0.1) is 0 Å². The molecule has 34 heavy (non-hydrogen) atoms. The second-order valence-electron chi connectivity index (χ2n) is 7.23. The summed E-state index contributed by atoms with van der Waals surface area (Å²) in [5.74, 6) is -1.51. The lowest BCUT2D eigenvalue weighted by atomic mass is 10.1. The Labute approximate surface area is 195 Å². The summed E-state index contributed by atoms with van der Waals surface area (Å²) < 4.78 is 80.1. The number of sulfone groups is 1. The second-order valence-corrected chi connectivity index (χ2v) is 9.92. The van der Waals surface area contributed by atoms with Gasteiger partial charge in [0.15, 0.2) is 15.7 Å². The molecule has 0 saturated carbocycles. The lowest BCUT2D eigenvalue weighted by Crippen LogP contribution is -2.25. The molecule has 0 aliphatic heterocycles. The molecule has 2 heterocycles. The van der Waals surface area contributed by atoms with E-state index in [4.69, 9.17) is 11.6 Å².